The minimum absolute atomic E-state index is 0.112. The zero-order valence-electron chi connectivity index (χ0n) is 9.96. The lowest BCUT2D eigenvalue weighted by atomic mass is 9.98. The van der Waals surface area contributed by atoms with Crippen molar-refractivity contribution in [2.24, 2.45) is 5.73 Å². The fourth-order valence-corrected chi connectivity index (χ4v) is 2.84. The molecule has 2 nitrogen and oxygen atoms in total. The summed E-state index contributed by atoms with van der Waals surface area (Å²) in [5, 5.41) is 0. The molecule has 0 bridgehead atoms. The molecule has 0 unspecified atom stereocenters. The number of hydrogen-bond acceptors (Lipinski definition) is 2. The van der Waals surface area contributed by atoms with E-state index >= 15 is 0 Å². The molecule has 16 heavy (non-hydrogen) atoms. The molecule has 2 N–H and O–H groups in total. The van der Waals surface area contributed by atoms with Crippen LogP contribution in [0.25, 0.3) is 0 Å². The molecule has 0 aliphatic carbocycles. The highest BCUT2D eigenvalue weighted by molar-refractivity contribution is 9.10. The van der Waals surface area contributed by atoms with Crippen LogP contribution >= 0.6 is 15.9 Å². The Morgan fingerprint density at radius 2 is 2.19 bits per heavy atom. The van der Waals surface area contributed by atoms with Gasteiger partial charge in [-0.2, -0.15) is 0 Å². The summed E-state index contributed by atoms with van der Waals surface area (Å²) in [7, 11) is 0. The highest BCUT2D eigenvalue weighted by Crippen LogP contribution is 2.26. The smallest absolute Gasteiger partial charge is 0.0248 e. The van der Waals surface area contributed by atoms with E-state index in [-0.39, 0.29) is 5.54 Å². The molecule has 1 aromatic rings. The summed E-state index contributed by atoms with van der Waals surface area (Å²) >= 11 is 3.63. The van der Waals surface area contributed by atoms with E-state index in [0.29, 0.717) is 0 Å². The highest BCUT2D eigenvalue weighted by Gasteiger charge is 2.22. The first-order valence-electron chi connectivity index (χ1n) is 5.73. The zero-order valence-corrected chi connectivity index (χ0v) is 11.5. The molecule has 1 heterocycles. The molecule has 1 aliphatic rings. The Bertz CT molecular complexity index is 382. The first kappa shape index (κ1) is 12.1. The summed E-state index contributed by atoms with van der Waals surface area (Å²) < 4.78 is 1.23. The second-order valence-corrected chi connectivity index (χ2v) is 6.18. The SMILES string of the molecule is CC(C)(N)CN1CCc2cccc(Br)c2C1. The number of nitrogens with two attached hydrogens (primary N) is 1. The molecule has 1 aliphatic heterocycles. The van der Waals surface area contributed by atoms with Gasteiger partial charge in [0.05, 0.1) is 0 Å². The van der Waals surface area contributed by atoms with Gasteiger partial charge in [0.25, 0.3) is 0 Å². The molecule has 0 spiro atoms. The Morgan fingerprint density at radius 1 is 1.44 bits per heavy atom. The van der Waals surface area contributed by atoms with Gasteiger partial charge >= 0.3 is 0 Å². The monoisotopic (exact) mass is 282 g/mol. The first-order valence-corrected chi connectivity index (χ1v) is 6.52. The second kappa shape index (κ2) is 4.47. The predicted molar refractivity (Wildman–Crippen MR) is 71.4 cm³/mol. The minimum Gasteiger partial charge on any atom is -0.324 e. The molecule has 0 saturated heterocycles. The summed E-state index contributed by atoms with van der Waals surface area (Å²) in [6, 6.07) is 6.46. The van der Waals surface area contributed by atoms with E-state index in [1.165, 1.54) is 15.6 Å². The number of nitrogens with zero attached hydrogens (tertiary/aromatic N) is 1. The molecular formula is C13H19BrN2. The molecule has 0 fully saturated rings. The summed E-state index contributed by atoms with van der Waals surface area (Å²) in [6.45, 7) is 7.25. The predicted octanol–water partition coefficient (Wildman–Crippen LogP) is 2.54. The van der Waals surface area contributed by atoms with Crippen molar-refractivity contribution in [2.45, 2.75) is 32.4 Å². The van der Waals surface area contributed by atoms with Gasteiger partial charge in [-0.3, -0.25) is 4.90 Å². The van der Waals surface area contributed by atoms with Crippen LogP contribution in [-0.4, -0.2) is 23.5 Å². The second-order valence-electron chi connectivity index (χ2n) is 5.33. The minimum atomic E-state index is -0.112. The summed E-state index contributed by atoms with van der Waals surface area (Å²) in [5.41, 5.74) is 8.86. The van der Waals surface area contributed by atoms with Gasteiger partial charge in [-0.05, 0) is 37.5 Å². The maximum absolute atomic E-state index is 6.07. The van der Waals surface area contributed by atoms with Gasteiger partial charge in [-0.15, -0.1) is 0 Å². The zero-order chi connectivity index (χ0) is 11.8. The number of benzene rings is 1. The van der Waals surface area contributed by atoms with Gasteiger partial charge in [0.1, 0.15) is 0 Å². The third-order valence-corrected chi connectivity index (χ3v) is 3.67. The van der Waals surface area contributed by atoms with Crippen molar-refractivity contribution in [3.63, 3.8) is 0 Å². The Balaban J connectivity index is 2.14. The van der Waals surface area contributed by atoms with E-state index < -0.39 is 0 Å². The Kier molecular flexibility index (Phi) is 3.38. The molecule has 3 heteroatoms. The Morgan fingerprint density at radius 3 is 2.88 bits per heavy atom. The molecule has 0 atom stereocenters. The van der Waals surface area contributed by atoms with E-state index in [4.69, 9.17) is 5.73 Å². The van der Waals surface area contributed by atoms with Gasteiger partial charge in [0, 0.05) is 29.6 Å². The van der Waals surface area contributed by atoms with Gasteiger partial charge in [-0.1, -0.05) is 28.1 Å². The van der Waals surface area contributed by atoms with E-state index in [1.54, 1.807) is 0 Å². The van der Waals surface area contributed by atoms with Crippen LogP contribution in [0.4, 0.5) is 0 Å². The molecule has 0 saturated carbocycles. The fourth-order valence-electron chi connectivity index (χ4n) is 2.31. The van der Waals surface area contributed by atoms with Crippen molar-refractivity contribution in [2.75, 3.05) is 13.1 Å². The van der Waals surface area contributed by atoms with Crippen molar-refractivity contribution in [1.82, 2.24) is 4.90 Å². The van der Waals surface area contributed by atoms with Crippen molar-refractivity contribution < 1.29 is 0 Å². The number of fused-ring (bicyclic) bond motifs is 1. The van der Waals surface area contributed by atoms with E-state index in [0.717, 1.165) is 26.1 Å². The molecule has 2 rings (SSSR count). The molecular weight excluding hydrogens is 264 g/mol. The maximum atomic E-state index is 6.07. The highest BCUT2D eigenvalue weighted by atomic mass is 79.9. The van der Waals surface area contributed by atoms with E-state index in [2.05, 4.69) is 52.9 Å². The Labute approximate surface area is 106 Å². The fraction of sp³-hybridized carbons (Fsp3) is 0.538. The Hall–Kier alpha value is -0.380. The van der Waals surface area contributed by atoms with Crippen molar-refractivity contribution >= 4 is 15.9 Å². The van der Waals surface area contributed by atoms with Crippen LogP contribution in [0.3, 0.4) is 0 Å². The topological polar surface area (TPSA) is 29.3 Å². The van der Waals surface area contributed by atoms with Gasteiger partial charge < -0.3 is 5.73 Å². The lowest BCUT2D eigenvalue weighted by Crippen LogP contribution is -2.46. The normalized spacial score (nSPS) is 17.2. The van der Waals surface area contributed by atoms with Crippen molar-refractivity contribution in [3.8, 4) is 0 Å². The van der Waals surface area contributed by atoms with Crippen LogP contribution in [0.15, 0.2) is 22.7 Å². The van der Waals surface area contributed by atoms with Crippen LogP contribution in [0.2, 0.25) is 0 Å². The molecule has 0 aromatic heterocycles. The van der Waals surface area contributed by atoms with Crippen molar-refractivity contribution in [1.29, 1.82) is 0 Å². The van der Waals surface area contributed by atoms with Crippen molar-refractivity contribution in [3.05, 3.63) is 33.8 Å². The van der Waals surface area contributed by atoms with Gasteiger partial charge in [0.2, 0.25) is 0 Å². The van der Waals surface area contributed by atoms with Crippen LogP contribution in [-0.2, 0) is 13.0 Å². The van der Waals surface area contributed by atoms with Crippen LogP contribution in [0.5, 0.6) is 0 Å². The van der Waals surface area contributed by atoms with E-state index in [9.17, 15) is 0 Å². The average Bonchev–Trinajstić information content (AvgIpc) is 2.17. The number of hydrogen-bond donors (Lipinski definition) is 1. The third kappa shape index (κ3) is 2.84. The number of halogens is 1. The lowest BCUT2D eigenvalue weighted by molar-refractivity contribution is 0.209. The molecule has 0 radical (unpaired) electrons. The maximum Gasteiger partial charge on any atom is 0.0248 e. The molecule has 1 aromatic carbocycles. The van der Waals surface area contributed by atoms with E-state index in [1.807, 2.05) is 0 Å². The number of rotatable bonds is 2. The lowest BCUT2D eigenvalue weighted by Gasteiger charge is -2.34. The van der Waals surface area contributed by atoms with Crippen LogP contribution in [0, 0.1) is 0 Å². The third-order valence-electron chi connectivity index (χ3n) is 2.93. The summed E-state index contributed by atoms with van der Waals surface area (Å²) in [6.07, 6.45) is 1.13. The molecule has 0 amide bonds. The largest absolute Gasteiger partial charge is 0.324 e. The van der Waals surface area contributed by atoms with Crippen LogP contribution < -0.4 is 5.73 Å². The van der Waals surface area contributed by atoms with Gasteiger partial charge in [-0.25, -0.2) is 0 Å². The standard InChI is InChI=1S/C13H19BrN2/c1-13(2,15)9-16-7-6-10-4-3-5-12(14)11(10)8-16/h3-5H,6-9,15H2,1-2H3. The quantitative estimate of drug-likeness (QED) is 0.903. The molecule has 88 valence electrons. The summed E-state index contributed by atoms with van der Waals surface area (Å²) in [5.74, 6) is 0. The average molecular weight is 283 g/mol. The van der Waals surface area contributed by atoms with Crippen LogP contribution in [0.1, 0.15) is 25.0 Å². The van der Waals surface area contributed by atoms with Gasteiger partial charge in [0.15, 0.2) is 0 Å². The summed E-state index contributed by atoms with van der Waals surface area (Å²) in [4.78, 5) is 2.44. The first-order chi connectivity index (χ1) is 7.46.